The molecule has 0 saturated heterocycles. The first kappa shape index (κ1) is 17.3. The standard InChI is InChI=1S/C19H21N5O3/c1-27-18-22-13-7-10-24(16(25)14(13)15(20)23-18)12-5-3-11(4-6-12)19(17(21)26)8-2-9-19/h3-6H,2,7-10H2,1H3,(H2,21,26)(H2,20,22,23). The average molecular weight is 367 g/mol. The maximum Gasteiger partial charge on any atom is 0.318 e. The van der Waals surface area contributed by atoms with Crippen molar-refractivity contribution in [2.45, 2.75) is 31.1 Å². The summed E-state index contributed by atoms with van der Waals surface area (Å²) in [6, 6.07) is 7.63. The quantitative estimate of drug-likeness (QED) is 0.836. The van der Waals surface area contributed by atoms with Crippen LogP contribution in [-0.4, -0.2) is 35.4 Å². The maximum absolute atomic E-state index is 12.9. The van der Waals surface area contributed by atoms with Gasteiger partial charge >= 0.3 is 6.01 Å². The lowest BCUT2D eigenvalue weighted by atomic mass is 9.64. The van der Waals surface area contributed by atoms with E-state index >= 15 is 0 Å². The topological polar surface area (TPSA) is 124 Å². The molecule has 2 heterocycles. The number of hydrogen-bond donors (Lipinski definition) is 2. The Morgan fingerprint density at radius 2 is 1.93 bits per heavy atom. The number of rotatable bonds is 4. The van der Waals surface area contributed by atoms with Crippen LogP contribution >= 0.6 is 0 Å². The first-order chi connectivity index (χ1) is 13.0. The van der Waals surface area contributed by atoms with E-state index in [1.165, 1.54) is 7.11 Å². The molecule has 1 aliphatic carbocycles. The maximum atomic E-state index is 12.9. The molecule has 1 aromatic carbocycles. The highest BCUT2D eigenvalue weighted by Gasteiger charge is 2.44. The molecule has 4 rings (SSSR count). The second-order valence-corrected chi connectivity index (χ2v) is 6.97. The van der Waals surface area contributed by atoms with Gasteiger partial charge in [-0.05, 0) is 30.5 Å². The fraction of sp³-hybridized carbons (Fsp3) is 0.368. The lowest BCUT2D eigenvalue weighted by Crippen LogP contribution is -2.46. The Bertz CT molecular complexity index is 922. The van der Waals surface area contributed by atoms with Gasteiger partial charge in [0.15, 0.2) is 0 Å². The number of amides is 2. The van der Waals surface area contributed by atoms with Crippen molar-refractivity contribution in [1.82, 2.24) is 9.97 Å². The number of fused-ring (bicyclic) bond motifs is 1. The Kier molecular flexibility index (Phi) is 3.98. The molecule has 0 unspecified atom stereocenters. The van der Waals surface area contributed by atoms with E-state index in [-0.39, 0.29) is 23.6 Å². The number of ether oxygens (including phenoxy) is 1. The molecule has 0 radical (unpaired) electrons. The Balaban J connectivity index is 1.63. The summed E-state index contributed by atoms with van der Waals surface area (Å²) < 4.78 is 5.02. The van der Waals surface area contributed by atoms with E-state index in [0.29, 0.717) is 24.2 Å². The molecule has 1 saturated carbocycles. The van der Waals surface area contributed by atoms with Crippen molar-refractivity contribution in [3.05, 3.63) is 41.1 Å². The molecule has 0 bridgehead atoms. The number of hydrogen-bond acceptors (Lipinski definition) is 6. The highest BCUT2D eigenvalue weighted by molar-refractivity contribution is 6.10. The van der Waals surface area contributed by atoms with Crippen molar-refractivity contribution in [2.75, 3.05) is 24.3 Å². The van der Waals surface area contributed by atoms with Crippen molar-refractivity contribution in [3.8, 4) is 6.01 Å². The third-order valence-electron chi connectivity index (χ3n) is 5.62. The number of carbonyl (C=O) groups is 2. The van der Waals surface area contributed by atoms with Crippen LogP contribution in [-0.2, 0) is 16.6 Å². The van der Waals surface area contributed by atoms with E-state index < -0.39 is 5.41 Å². The molecule has 140 valence electrons. The van der Waals surface area contributed by atoms with E-state index in [2.05, 4.69) is 9.97 Å². The van der Waals surface area contributed by atoms with Crippen molar-refractivity contribution >= 4 is 23.3 Å². The second-order valence-electron chi connectivity index (χ2n) is 6.97. The number of benzene rings is 1. The molecule has 4 N–H and O–H groups in total. The van der Waals surface area contributed by atoms with E-state index in [4.69, 9.17) is 16.2 Å². The van der Waals surface area contributed by atoms with Crippen LogP contribution in [0.1, 0.15) is 40.9 Å². The largest absolute Gasteiger partial charge is 0.467 e. The minimum Gasteiger partial charge on any atom is -0.467 e. The fourth-order valence-corrected chi connectivity index (χ4v) is 3.88. The Morgan fingerprint density at radius 3 is 2.48 bits per heavy atom. The summed E-state index contributed by atoms with van der Waals surface area (Å²) in [5.41, 5.74) is 13.6. The Labute approximate surface area is 156 Å². The Hall–Kier alpha value is -3.16. The predicted molar refractivity (Wildman–Crippen MR) is 99.5 cm³/mol. The zero-order chi connectivity index (χ0) is 19.2. The van der Waals surface area contributed by atoms with E-state index in [0.717, 1.165) is 30.5 Å². The van der Waals surface area contributed by atoms with E-state index in [1.807, 2.05) is 24.3 Å². The van der Waals surface area contributed by atoms with Gasteiger partial charge < -0.3 is 21.1 Å². The first-order valence-electron chi connectivity index (χ1n) is 8.89. The lowest BCUT2D eigenvalue weighted by molar-refractivity contribution is -0.126. The number of carbonyl (C=O) groups excluding carboxylic acids is 2. The van der Waals surface area contributed by atoms with E-state index in [1.54, 1.807) is 4.90 Å². The Morgan fingerprint density at radius 1 is 1.22 bits per heavy atom. The molecular formula is C19H21N5O3. The molecule has 27 heavy (non-hydrogen) atoms. The summed E-state index contributed by atoms with van der Waals surface area (Å²) in [6.07, 6.45) is 3.09. The highest BCUT2D eigenvalue weighted by atomic mass is 16.5. The van der Waals surface area contributed by atoms with Crippen LogP contribution in [0.3, 0.4) is 0 Å². The van der Waals surface area contributed by atoms with Gasteiger partial charge in [-0.3, -0.25) is 9.59 Å². The van der Waals surface area contributed by atoms with Crippen LogP contribution in [0.4, 0.5) is 11.5 Å². The lowest BCUT2D eigenvalue weighted by Gasteiger charge is -2.39. The number of methoxy groups -OCH3 is 1. The molecule has 8 heteroatoms. The molecule has 1 aromatic heterocycles. The summed E-state index contributed by atoms with van der Waals surface area (Å²) in [7, 11) is 1.46. The van der Waals surface area contributed by atoms with Crippen LogP contribution in [0.25, 0.3) is 0 Å². The van der Waals surface area contributed by atoms with Crippen molar-refractivity contribution in [1.29, 1.82) is 0 Å². The third-order valence-corrected chi connectivity index (χ3v) is 5.62. The number of nitrogens with zero attached hydrogens (tertiary/aromatic N) is 3. The molecule has 2 amide bonds. The normalized spacial score (nSPS) is 17.8. The summed E-state index contributed by atoms with van der Waals surface area (Å²) >= 11 is 0. The second kappa shape index (κ2) is 6.22. The van der Waals surface area contributed by atoms with Gasteiger partial charge in [0.1, 0.15) is 11.4 Å². The van der Waals surface area contributed by atoms with Crippen LogP contribution in [0.2, 0.25) is 0 Å². The molecule has 2 aliphatic rings. The monoisotopic (exact) mass is 367 g/mol. The van der Waals surface area contributed by atoms with Gasteiger partial charge in [-0.2, -0.15) is 9.97 Å². The van der Waals surface area contributed by atoms with Crippen molar-refractivity contribution in [2.24, 2.45) is 5.73 Å². The smallest absolute Gasteiger partial charge is 0.318 e. The molecule has 8 nitrogen and oxygen atoms in total. The van der Waals surface area contributed by atoms with Crippen LogP contribution in [0.5, 0.6) is 6.01 Å². The number of nitrogen functional groups attached to an aromatic ring is 1. The van der Waals surface area contributed by atoms with Gasteiger partial charge in [0.25, 0.3) is 5.91 Å². The summed E-state index contributed by atoms with van der Waals surface area (Å²) in [5, 5.41) is 0. The summed E-state index contributed by atoms with van der Waals surface area (Å²) in [4.78, 5) is 34.7. The first-order valence-corrected chi connectivity index (χ1v) is 8.89. The zero-order valence-corrected chi connectivity index (χ0v) is 15.1. The molecule has 1 aliphatic heterocycles. The molecule has 1 fully saturated rings. The van der Waals surface area contributed by atoms with Crippen LogP contribution in [0, 0.1) is 0 Å². The molecule has 0 spiro atoms. The minimum atomic E-state index is -0.564. The number of primary amides is 1. The third kappa shape index (κ3) is 2.59. The highest BCUT2D eigenvalue weighted by Crippen LogP contribution is 2.44. The van der Waals surface area contributed by atoms with Gasteiger partial charge in [0, 0.05) is 18.7 Å². The predicted octanol–water partition coefficient (Wildman–Crippen LogP) is 1.18. The number of aromatic nitrogens is 2. The summed E-state index contributed by atoms with van der Waals surface area (Å²) in [6.45, 7) is 0.478. The van der Waals surface area contributed by atoms with Crippen molar-refractivity contribution < 1.29 is 14.3 Å². The van der Waals surface area contributed by atoms with Crippen LogP contribution in [0.15, 0.2) is 24.3 Å². The SMILES string of the molecule is COc1nc(N)c2c(n1)CCN(c1ccc(C3(C(N)=O)CCC3)cc1)C2=O. The number of nitrogens with two attached hydrogens (primary N) is 2. The van der Waals surface area contributed by atoms with Gasteiger partial charge in [-0.15, -0.1) is 0 Å². The molecule has 0 atom stereocenters. The summed E-state index contributed by atoms with van der Waals surface area (Å²) in [5.74, 6) is -0.411. The van der Waals surface area contributed by atoms with Gasteiger partial charge in [-0.25, -0.2) is 0 Å². The van der Waals surface area contributed by atoms with Crippen molar-refractivity contribution in [3.63, 3.8) is 0 Å². The van der Waals surface area contributed by atoms with Gasteiger partial charge in [0.05, 0.1) is 18.2 Å². The molecular weight excluding hydrogens is 346 g/mol. The van der Waals surface area contributed by atoms with E-state index in [9.17, 15) is 9.59 Å². The fourth-order valence-electron chi connectivity index (χ4n) is 3.88. The zero-order valence-electron chi connectivity index (χ0n) is 15.1. The van der Waals surface area contributed by atoms with Gasteiger partial charge in [0.2, 0.25) is 5.91 Å². The number of anilines is 2. The van der Waals surface area contributed by atoms with Gasteiger partial charge in [-0.1, -0.05) is 18.6 Å². The average Bonchev–Trinajstić information content (AvgIpc) is 2.61. The minimum absolute atomic E-state index is 0.116. The molecule has 2 aromatic rings. The van der Waals surface area contributed by atoms with Crippen LogP contribution < -0.4 is 21.1 Å².